The van der Waals surface area contributed by atoms with Gasteiger partial charge in [-0.1, -0.05) is 66.2 Å². The third-order valence-corrected chi connectivity index (χ3v) is 4.08. The molecule has 5 heteroatoms. The summed E-state index contributed by atoms with van der Waals surface area (Å²) in [6, 6.07) is 24.6. The molecule has 0 spiro atoms. The lowest BCUT2D eigenvalue weighted by Crippen LogP contribution is -2.19. The largest absolute Gasteiger partial charge is 0.488 e. The molecule has 0 aliphatic rings. The van der Waals surface area contributed by atoms with Crippen LogP contribution >= 0.6 is 11.6 Å². The fourth-order valence-electron chi connectivity index (χ4n) is 2.45. The van der Waals surface area contributed by atoms with Crippen molar-refractivity contribution in [3.63, 3.8) is 0 Å². The van der Waals surface area contributed by atoms with Crippen LogP contribution in [0.2, 0.25) is 5.02 Å². The summed E-state index contributed by atoms with van der Waals surface area (Å²) in [6.07, 6.45) is 1.82. The van der Waals surface area contributed by atoms with Gasteiger partial charge in [0.15, 0.2) is 0 Å². The van der Waals surface area contributed by atoms with Gasteiger partial charge in [-0.2, -0.15) is 5.10 Å². The number of halogens is 1. The second-order valence-electron chi connectivity index (χ2n) is 5.91. The number of ether oxygens (including phenoxy) is 1. The molecule has 0 unspecified atom stereocenters. The summed E-state index contributed by atoms with van der Waals surface area (Å²) in [5.74, 6) is 0.508. The molecule has 0 saturated heterocycles. The summed E-state index contributed by atoms with van der Waals surface area (Å²) >= 11 is 5.84. The number of amides is 1. The van der Waals surface area contributed by atoms with Crippen LogP contribution in [0.1, 0.15) is 16.7 Å². The van der Waals surface area contributed by atoms with Gasteiger partial charge in [0.25, 0.3) is 0 Å². The topological polar surface area (TPSA) is 50.7 Å². The number of nitrogens with zero attached hydrogens (tertiary/aromatic N) is 1. The fourth-order valence-corrected chi connectivity index (χ4v) is 2.58. The number of benzene rings is 3. The van der Waals surface area contributed by atoms with E-state index in [2.05, 4.69) is 10.5 Å². The van der Waals surface area contributed by atoms with E-state index in [1.807, 2.05) is 66.7 Å². The molecule has 0 aliphatic heterocycles. The van der Waals surface area contributed by atoms with Crippen LogP contribution in [0.25, 0.3) is 0 Å². The average molecular weight is 379 g/mol. The van der Waals surface area contributed by atoms with E-state index >= 15 is 0 Å². The molecule has 136 valence electrons. The maximum absolute atomic E-state index is 12.0. The molecule has 0 aliphatic carbocycles. The van der Waals surface area contributed by atoms with E-state index in [1.165, 1.54) is 0 Å². The Labute approximate surface area is 163 Å². The zero-order valence-corrected chi connectivity index (χ0v) is 15.4. The summed E-state index contributed by atoms with van der Waals surface area (Å²) in [6.45, 7) is 0.467. The van der Waals surface area contributed by atoms with Crippen molar-refractivity contribution in [2.45, 2.75) is 13.0 Å². The molecule has 4 nitrogen and oxygen atoms in total. The first kappa shape index (κ1) is 18.7. The van der Waals surface area contributed by atoms with E-state index in [4.69, 9.17) is 16.3 Å². The lowest BCUT2D eigenvalue weighted by atomic mass is 10.1. The first-order valence-corrected chi connectivity index (χ1v) is 8.90. The molecule has 0 heterocycles. The van der Waals surface area contributed by atoms with Crippen molar-refractivity contribution >= 4 is 23.7 Å². The minimum Gasteiger partial charge on any atom is -0.488 e. The van der Waals surface area contributed by atoms with Crippen molar-refractivity contribution in [3.8, 4) is 5.75 Å². The minimum absolute atomic E-state index is 0.198. The van der Waals surface area contributed by atoms with Gasteiger partial charge in [-0.3, -0.25) is 4.79 Å². The number of hydrogen-bond donors (Lipinski definition) is 1. The van der Waals surface area contributed by atoms with E-state index < -0.39 is 0 Å². The smallest absolute Gasteiger partial charge is 0.244 e. The Kier molecular flexibility index (Phi) is 6.61. The molecule has 1 amide bonds. The maximum Gasteiger partial charge on any atom is 0.244 e. The van der Waals surface area contributed by atoms with Gasteiger partial charge in [-0.25, -0.2) is 5.43 Å². The van der Waals surface area contributed by atoms with Crippen LogP contribution in [0.5, 0.6) is 5.75 Å². The van der Waals surface area contributed by atoms with Crippen LogP contribution < -0.4 is 10.2 Å². The SMILES string of the molecule is O=C(Cc1ccc(Cl)cc1)N/N=C/c1ccccc1OCc1ccccc1. The van der Waals surface area contributed by atoms with Crippen LogP contribution in [0.15, 0.2) is 84.0 Å². The van der Waals surface area contributed by atoms with Gasteiger partial charge in [0.1, 0.15) is 12.4 Å². The standard InChI is InChI=1S/C22H19ClN2O2/c23-20-12-10-17(11-13-20)14-22(26)25-24-15-19-8-4-5-9-21(19)27-16-18-6-2-1-3-7-18/h1-13,15H,14,16H2,(H,25,26)/b24-15+. The van der Waals surface area contributed by atoms with Crippen LogP contribution in [0, 0.1) is 0 Å². The molecule has 3 rings (SSSR count). The van der Waals surface area contributed by atoms with Crippen molar-refractivity contribution in [2.75, 3.05) is 0 Å². The third kappa shape index (κ3) is 5.97. The van der Waals surface area contributed by atoms with Crippen molar-refractivity contribution < 1.29 is 9.53 Å². The number of hydrazone groups is 1. The minimum atomic E-state index is -0.198. The molecule has 1 N–H and O–H groups in total. The number of carbonyl (C=O) groups is 1. The summed E-state index contributed by atoms with van der Waals surface area (Å²) in [4.78, 5) is 12.0. The Bertz CT molecular complexity index is 909. The van der Waals surface area contributed by atoms with Crippen molar-refractivity contribution in [2.24, 2.45) is 5.10 Å². The number of carbonyl (C=O) groups excluding carboxylic acids is 1. The third-order valence-electron chi connectivity index (χ3n) is 3.83. The van der Waals surface area contributed by atoms with Crippen LogP contribution in [-0.2, 0) is 17.8 Å². The molecule has 0 radical (unpaired) electrons. The van der Waals surface area contributed by atoms with Gasteiger partial charge in [-0.05, 0) is 35.4 Å². The Hall–Kier alpha value is -3.11. The highest BCUT2D eigenvalue weighted by Gasteiger charge is 2.04. The first-order valence-electron chi connectivity index (χ1n) is 8.53. The summed E-state index contributed by atoms with van der Waals surface area (Å²) < 4.78 is 5.87. The summed E-state index contributed by atoms with van der Waals surface area (Å²) in [5, 5.41) is 4.68. The van der Waals surface area contributed by atoms with Crippen molar-refractivity contribution in [3.05, 3.63) is 101 Å². The number of rotatable bonds is 7. The second-order valence-corrected chi connectivity index (χ2v) is 6.34. The Morgan fingerprint density at radius 1 is 0.926 bits per heavy atom. The van der Waals surface area contributed by atoms with E-state index in [0.717, 1.165) is 16.7 Å². The predicted octanol–water partition coefficient (Wildman–Crippen LogP) is 4.61. The molecular weight excluding hydrogens is 360 g/mol. The van der Waals surface area contributed by atoms with E-state index in [-0.39, 0.29) is 12.3 Å². The highest BCUT2D eigenvalue weighted by molar-refractivity contribution is 6.30. The fraction of sp³-hybridized carbons (Fsp3) is 0.0909. The Balaban J connectivity index is 1.56. The molecule has 0 atom stereocenters. The molecule has 0 bridgehead atoms. The van der Waals surface area contributed by atoms with Crippen LogP contribution in [0.4, 0.5) is 0 Å². The highest BCUT2D eigenvalue weighted by Crippen LogP contribution is 2.17. The molecule has 0 aromatic heterocycles. The average Bonchev–Trinajstić information content (AvgIpc) is 2.70. The first-order chi connectivity index (χ1) is 13.2. The normalized spacial score (nSPS) is 10.7. The van der Waals surface area contributed by atoms with Gasteiger partial charge < -0.3 is 4.74 Å². The van der Waals surface area contributed by atoms with E-state index in [1.54, 1.807) is 18.3 Å². The molecule has 3 aromatic rings. The van der Waals surface area contributed by atoms with E-state index in [0.29, 0.717) is 17.4 Å². The molecule has 3 aromatic carbocycles. The molecular formula is C22H19ClN2O2. The molecule has 27 heavy (non-hydrogen) atoms. The number of para-hydroxylation sites is 1. The number of hydrogen-bond acceptors (Lipinski definition) is 3. The van der Waals surface area contributed by atoms with Gasteiger partial charge in [0.05, 0.1) is 12.6 Å². The van der Waals surface area contributed by atoms with Gasteiger partial charge in [-0.15, -0.1) is 0 Å². The quantitative estimate of drug-likeness (QED) is 0.482. The summed E-state index contributed by atoms with van der Waals surface area (Å²) in [7, 11) is 0. The lowest BCUT2D eigenvalue weighted by Gasteiger charge is -2.09. The molecule has 0 saturated carbocycles. The lowest BCUT2D eigenvalue weighted by molar-refractivity contribution is -0.120. The van der Waals surface area contributed by atoms with Crippen molar-refractivity contribution in [1.82, 2.24) is 5.43 Å². The van der Waals surface area contributed by atoms with Crippen LogP contribution in [-0.4, -0.2) is 12.1 Å². The Morgan fingerprint density at radius 2 is 1.63 bits per heavy atom. The monoisotopic (exact) mass is 378 g/mol. The zero-order valence-electron chi connectivity index (χ0n) is 14.6. The van der Waals surface area contributed by atoms with Crippen molar-refractivity contribution in [1.29, 1.82) is 0 Å². The Morgan fingerprint density at radius 3 is 2.41 bits per heavy atom. The van der Waals surface area contributed by atoms with Crippen LogP contribution in [0.3, 0.4) is 0 Å². The van der Waals surface area contributed by atoms with Gasteiger partial charge >= 0.3 is 0 Å². The number of nitrogens with one attached hydrogen (secondary N) is 1. The highest BCUT2D eigenvalue weighted by atomic mass is 35.5. The van der Waals surface area contributed by atoms with Gasteiger partial charge in [0, 0.05) is 10.6 Å². The molecule has 0 fully saturated rings. The zero-order chi connectivity index (χ0) is 18.9. The van der Waals surface area contributed by atoms with E-state index in [9.17, 15) is 4.79 Å². The maximum atomic E-state index is 12.0. The second kappa shape index (κ2) is 9.55. The van der Waals surface area contributed by atoms with Gasteiger partial charge in [0.2, 0.25) is 5.91 Å². The predicted molar refractivity (Wildman–Crippen MR) is 108 cm³/mol. The summed E-state index contributed by atoms with van der Waals surface area (Å²) in [5.41, 5.74) is 5.29.